The highest BCUT2D eigenvalue weighted by atomic mass is 16.5. The van der Waals surface area contributed by atoms with Gasteiger partial charge in [0, 0.05) is 43.1 Å². The van der Waals surface area contributed by atoms with Gasteiger partial charge in [0.25, 0.3) is 0 Å². The zero-order chi connectivity index (χ0) is 17.8. The minimum atomic E-state index is 0.581. The molecule has 1 aliphatic heterocycles. The number of hydrogen-bond acceptors (Lipinski definition) is 6. The van der Waals surface area contributed by atoms with Gasteiger partial charge in [-0.1, -0.05) is 6.08 Å². The molecule has 0 fully saturated rings. The Bertz CT molecular complexity index is 787. The summed E-state index contributed by atoms with van der Waals surface area (Å²) >= 11 is 0. The van der Waals surface area contributed by atoms with E-state index < -0.39 is 0 Å². The molecule has 0 aliphatic carbocycles. The van der Waals surface area contributed by atoms with Gasteiger partial charge in [-0.05, 0) is 44.2 Å². The average Bonchev–Trinajstić information content (AvgIpc) is 2.62. The van der Waals surface area contributed by atoms with Gasteiger partial charge >= 0.3 is 0 Å². The highest BCUT2D eigenvalue weighted by Crippen LogP contribution is 2.33. The Morgan fingerprint density at radius 1 is 1.20 bits per heavy atom. The van der Waals surface area contributed by atoms with Crippen LogP contribution < -0.4 is 15.4 Å². The first-order chi connectivity index (χ1) is 12.1. The van der Waals surface area contributed by atoms with E-state index in [0.717, 1.165) is 48.0 Å². The highest BCUT2D eigenvalue weighted by molar-refractivity contribution is 5.75. The fourth-order valence-corrected chi connectivity index (χ4v) is 2.93. The van der Waals surface area contributed by atoms with Gasteiger partial charge in [0.15, 0.2) is 0 Å². The van der Waals surface area contributed by atoms with Crippen molar-refractivity contribution in [2.24, 2.45) is 0 Å². The minimum Gasteiger partial charge on any atom is -0.496 e. The van der Waals surface area contributed by atoms with E-state index in [1.54, 1.807) is 7.11 Å². The number of hydrogen-bond donors (Lipinski definition) is 2. The van der Waals surface area contributed by atoms with Crippen LogP contribution in [0.1, 0.15) is 17.7 Å². The molecule has 1 aromatic heterocycles. The second-order valence-corrected chi connectivity index (χ2v) is 6.25. The number of anilines is 3. The van der Waals surface area contributed by atoms with E-state index in [1.807, 2.05) is 32.2 Å². The van der Waals surface area contributed by atoms with Crippen molar-refractivity contribution in [3.8, 4) is 5.75 Å². The Balaban J connectivity index is 1.90. The van der Waals surface area contributed by atoms with Crippen molar-refractivity contribution in [1.82, 2.24) is 14.9 Å². The third-order valence-corrected chi connectivity index (χ3v) is 4.32. The largest absolute Gasteiger partial charge is 0.496 e. The van der Waals surface area contributed by atoms with Crippen LogP contribution in [-0.4, -0.2) is 49.2 Å². The SMILES string of the molecule is CNc1cc(C)nc(Nc2ccc(OC)c(C3=CCN(C)CC3)c2)n1. The first-order valence-corrected chi connectivity index (χ1v) is 8.45. The van der Waals surface area contributed by atoms with Gasteiger partial charge in [0.05, 0.1) is 7.11 Å². The Hall–Kier alpha value is -2.60. The van der Waals surface area contributed by atoms with E-state index in [4.69, 9.17) is 4.74 Å². The van der Waals surface area contributed by atoms with Crippen LogP contribution in [0, 0.1) is 6.92 Å². The smallest absolute Gasteiger partial charge is 0.229 e. The summed E-state index contributed by atoms with van der Waals surface area (Å²) in [5.41, 5.74) is 4.30. The van der Waals surface area contributed by atoms with Crippen LogP contribution in [0.5, 0.6) is 5.75 Å². The van der Waals surface area contributed by atoms with Crippen LogP contribution in [0.2, 0.25) is 0 Å². The van der Waals surface area contributed by atoms with Gasteiger partial charge in [-0.3, -0.25) is 0 Å². The number of aryl methyl sites for hydroxylation is 1. The Morgan fingerprint density at radius 2 is 2.04 bits per heavy atom. The van der Waals surface area contributed by atoms with E-state index >= 15 is 0 Å². The maximum Gasteiger partial charge on any atom is 0.229 e. The molecule has 0 atom stereocenters. The molecule has 2 aromatic rings. The number of methoxy groups -OCH3 is 1. The summed E-state index contributed by atoms with van der Waals surface area (Å²) < 4.78 is 5.56. The molecule has 6 heteroatoms. The molecule has 0 saturated carbocycles. The van der Waals surface area contributed by atoms with E-state index in [0.29, 0.717) is 5.95 Å². The molecule has 3 rings (SSSR count). The number of ether oxygens (including phenoxy) is 1. The first kappa shape index (κ1) is 17.2. The van der Waals surface area contributed by atoms with Gasteiger partial charge in [0.2, 0.25) is 5.95 Å². The maximum absolute atomic E-state index is 5.56. The maximum atomic E-state index is 5.56. The third-order valence-electron chi connectivity index (χ3n) is 4.32. The lowest BCUT2D eigenvalue weighted by molar-refractivity contribution is 0.369. The zero-order valence-electron chi connectivity index (χ0n) is 15.3. The number of benzene rings is 1. The molecular weight excluding hydrogens is 314 g/mol. The molecule has 1 aromatic carbocycles. The molecule has 6 nitrogen and oxygen atoms in total. The van der Waals surface area contributed by atoms with Crippen LogP contribution in [0.15, 0.2) is 30.3 Å². The van der Waals surface area contributed by atoms with Crippen LogP contribution >= 0.6 is 0 Å². The zero-order valence-corrected chi connectivity index (χ0v) is 15.3. The molecule has 0 radical (unpaired) electrons. The van der Waals surface area contributed by atoms with Gasteiger partial charge in [-0.15, -0.1) is 0 Å². The number of nitrogens with zero attached hydrogens (tertiary/aromatic N) is 3. The molecule has 0 spiro atoms. The second-order valence-electron chi connectivity index (χ2n) is 6.25. The van der Waals surface area contributed by atoms with Crippen molar-refractivity contribution in [1.29, 1.82) is 0 Å². The highest BCUT2D eigenvalue weighted by Gasteiger charge is 2.14. The van der Waals surface area contributed by atoms with Gasteiger partial charge in [-0.25, -0.2) is 4.98 Å². The van der Waals surface area contributed by atoms with Crippen molar-refractivity contribution in [2.45, 2.75) is 13.3 Å². The molecule has 2 heterocycles. The summed E-state index contributed by atoms with van der Waals surface area (Å²) in [5, 5.41) is 6.36. The summed E-state index contributed by atoms with van der Waals surface area (Å²) in [6.07, 6.45) is 3.29. The summed E-state index contributed by atoms with van der Waals surface area (Å²) in [4.78, 5) is 11.2. The number of nitrogens with one attached hydrogen (secondary N) is 2. The Labute approximate surface area is 148 Å². The number of rotatable bonds is 5. The van der Waals surface area contributed by atoms with Crippen LogP contribution in [0.3, 0.4) is 0 Å². The monoisotopic (exact) mass is 339 g/mol. The second kappa shape index (κ2) is 7.53. The van der Waals surface area contributed by atoms with Crippen LogP contribution in [0.25, 0.3) is 5.57 Å². The van der Waals surface area contributed by atoms with Gasteiger partial charge in [0.1, 0.15) is 11.6 Å². The van der Waals surface area contributed by atoms with E-state index in [9.17, 15) is 0 Å². The van der Waals surface area contributed by atoms with Crippen molar-refractivity contribution in [2.75, 3.05) is 44.9 Å². The fourth-order valence-electron chi connectivity index (χ4n) is 2.93. The van der Waals surface area contributed by atoms with E-state index in [2.05, 4.69) is 44.7 Å². The van der Waals surface area contributed by atoms with Gasteiger partial charge in [-0.2, -0.15) is 4.98 Å². The van der Waals surface area contributed by atoms with Crippen molar-refractivity contribution in [3.63, 3.8) is 0 Å². The summed E-state index contributed by atoms with van der Waals surface area (Å²) in [6.45, 7) is 3.97. The molecule has 2 N–H and O–H groups in total. The van der Waals surface area contributed by atoms with E-state index in [1.165, 1.54) is 5.57 Å². The number of likely N-dealkylation sites (N-methyl/N-ethyl adjacent to an activating group) is 1. The molecule has 1 aliphatic rings. The average molecular weight is 339 g/mol. The summed E-state index contributed by atoms with van der Waals surface area (Å²) in [5.74, 6) is 2.27. The standard InChI is InChI=1S/C19H25N5O/c1-13-11-18(20-2)23-19(21-13)22-15-5-6-17(25-4)16(12-15)14-7-9-24(3)10-8-14/h5-7,11-12H,8-10H2,1-4H3,(H2,20,21,22,23). The quantitative estimate of drug-likeness (QED) is 0.871. The van der Waals surface area contributed by atoms with Crippen molar-refractivity contribution >= 4 is 23.0 Å². The lowest BCUT2D eigenvalue weighted by Gasteiger charge is -2.23. The Kier molecular flexibility index (Phi) is 5.19. The topological polar surface area (TPSA) is 62.3 Å². The normalized spacial score (nSPS) is 14.8. The molecule has 132 valence electrons. The van der Waals surface area contributed by atoms with Crippen molar-refractivity contribution in [3.05, 3.63) is 41.6 Å². The number of aromatic nitrogens is 2. The molecule has 0 bridgehead atoms. The van der Waals surface area contributed by atoms with Gasteiger partial charge < -0.3 is 20.3 Å². The molecule has 0 saturated heterocycles. The Morgan fingerprint density at radius 3 is 2.72 bits per heavy atom. The molecule has 0 amide bonds. The summed E-state index contributed by atoms with van der Waals surface area (Å²) in [7, 11) is 5.70. The van der Waals surface area contributed by atoms with Crippen LogP contribution in [0.4, 0.5) is 17.5 Å². The fraction of sp³-hybridized carbons (Fsp3) is 0.368. The predicted molar refractivity (Wildman–Crippen MR) is 103 cm³/mol. The van der Waals surface area contributed by atoms with Crippen molar-refractivity contribution < 1.29 is 4.74 Å². The molecule has 0 unspecified atom stereocenters. The molecular formula is C19H25N5O. The third kappa shape index (κ3) is 4.09. The molecule has 25 heavy (non-hydrogen) atoms. The lowest BCUT2D eigenvalue weighted by Crippen LogP contribution is -2.23. The lowest BCUT2D eigenvalue weighted by atomic mass is 9.98. The van der Waals surface area contributed by atoms with E-state index in [-0.39, 0.29) is 0 Å². The first-order valence-electron chi connectivity index (χ1n) is 8.45. The summed E-state index contributed by atoms with van der Waals surface area (Å²) in [6, 6.07) is 8.00. The van der Waals surface area contributed by atoms with Crippen LogP contribution in [-0.2, 0) is 0 Å². The predicted octanol–water partition coefficient (Wildman–Crippen LogP) is 3.30. The minimum absolute atomic E-state index is 0.581.